The molecular formula is C12H18ClNO2. The highest BCUT2D eigenvalue weighted by Crippen LogP contribution is 2.24. The van der Waals surface area contributed by atoms with Gasteiger partial charge in [-0.25, -0.2) is 0 Å². The molecule has 0 aromatic heterocycles. The van der Waals surface area contributed by atoms with Crippen molar-refractivity contribution in [2.45, 2.75) is 25.9 Å². The number of halogens is 1. The monoisotopic (exact) mass is 243 g/mol. The van der Waals surface area contributed by atoms with Crippen LogP contribution >= 0.6 is 11.6 Å². The number of aliphatic hydroxyl groups excluding tert-OH is 1. The van der Waals surface area contributed by atoms with E-state index in [1.54, 1.807) is 7.11 Å². The van der Waals surface area contributed by atoms with Crippen LogP contribution in [0.4, 0.5) is 0 Å². The van der Waals surface area contributed by atoms with Crippen molar-refractivity contribution in [2.24, 2.45) is 0 Å². The number of aliphatic hydroxyl groups is 1. The van der Waals surface area contributed by atoms with Crippen LogP contribution in [0, 0.1) is 0 Å². The first-order chi connectivity index (χ1) is 7.71. The molecule has 0 unspecified atom stereocenters. The Morgan fingerprint density at radius 3 is 2.75 bits per heavy atom. The van der Waals surface area contributed by atoms with E-state index >= 15 is 0 Å². The van der Waals surface area contributed by atoms with E-state index in [1.165, 1.54) is 0 Å². The second kappa shape index (κ2) is 6.74. The molecule has 0 aliphatic rings. The fourth-order valence-electron chi connectivity index (χ4n) is 1.42. The predicted octanol–water partition coefficient (Wildman–Crippen LogP) is 2.21. The Kier molecular flexibility index (Phi) is 5.60. The molecule has 90 valence electrons. The van der Waals surface area contributed by atoms with Crippen LogP contribution in [0.2, 0.25) is 5.02 Å². The second-order valence-electron chi connectivity index (χ2n) is 3.64. The van der Waals surface area contributed by atoms with Crippen molar-refractivity contribution in [2.75, 3.05) is 13.7 Å². The maximum atomic E-state index is 9.03. The third-order valence-corrected chi connectivity index (χ3v) is 2.82. The van der Waals surface area contributed by atoms with Crippen molar-refractivity contribution in [1.82, 2.24) is 5.32 Å². The van der Waals surface area contributed by atoms with Crippen molar-refractivity contribution in [3.8, 4) is 5.75 Å². The smallest absolute Gasteiger partial charge is 0.137 e. The van der Waals surface area contributed by atoms with Crippen LogP contribution in [-0.4, -0.2) is 24.9 Å². The summed E-state index contributed by atoms with van der Waals surface area (Å²) >= 11 is 6.01. The first-order valence-corrected chi connectivity index (χ1v) is 5.75. The van der Waals surface area contributed by atoms with Gasteiger partial charge < -0.3 is 15.2 Å². The minimum atomic E-state index is 0.140. The Morgan fingerprint density at radius 1 is 1.50 bits per heavy atom. The normalized spacial score (nSPS) is 12.5. The SMILES string of the molecule is CC[C@@H](CO)NCc1ccc(OC)c(Cl)c1. The lowest BCUT2D eigenvalue weighted by molar-refractivity contribution is 0.238. The first kappa shape index (κ1) is 13.3. The van der Waals surface area contributed by atoms with Gasteiger partial charge in [0, 0.05) is 12.6 Å². The molecule has 1 atom stereocenters. The largest absolute Gasteiger partial charge is 0.495 e. The number of rotatable bonds is 6. The van der Waals surface area contributed by atoms with Gasteiger partial charge in [0.25, 0.3) is 0 Å². The Bertz CT molecular complexity index is 327. The minimum Gasteiger partial charge on any atom is -0.495 e. The Labute approximate surface area is 101 Å². The molecule has 3 nitrogen and oxygen atoms in total. The molecule has 0 saturated carbocycles. The standard InChI is InChI=1S/C12H18ClNO2/c1-3-10(8-15)14-7-9-4-5-12(16-2)11(13)6-9/h4-6,10,14-15H,3,7-8H2,1-2H3/t10-/m0/s1. The molecule has 0 heterocycles. The number of ether oxygens (including phenoxy) is 1. The highest BCUT2D eigenvalue weighted by atomic mass is 35.5. The van der Waals surface area contributed by atoms with Gasteiger partial charge in [-0.3, -0.25) is 0 Å². The summed E-state index contributed by atoms with van der Waals surface area (Å²) in [5, 5.41) is 12.9. The van der Waals surface area contributed by atoms with Gasteiger partial charge in [0.1, 0.15) is 5.75 Å². The topological polar surface area (TPSA) is 41.5 Å². The lowest BCUT2D eigenvalue weighted by Gasteiger charge is -2.14. The lowest BCUT2D eigenvalue weighted by atomic mass is 10.2. The van der Waals surface area contributed by atoms with Crippen LogP contribution in [0.25, 0.3) is 0 Å². The number of methoxy groups -OCH3 is 1. The summed E-state index contributed by atoms with van der Waals surface area (Å²) < 4.78 is 5.08. The van der Waals surface area contributed by atoms with Crippen LogP contribution in [0.5, 0.6) is 5.75 Å². The Hall–Kier alpha value is -0.770. The van der Waals surface area contributed by atoms with E-state index in [4.69, 9.17) is 21.4 Å². The van der Waals surface area contributed by atoms with E-state index in [0.29, 0.717) is 17.3 Å². The van der Waals surface area contributed by atoms with Gasteiger partial charge in [0.15, 0.2) is 0 Å². The van der Waals surface area contributed by atoms with E-state index in [9.17, 15) is 0 Å². The first-order valence-electron chi connectivity index (χ1n) is 5.38. The quantitative estimate of drug-likeness (QED) is 0.805. The van der Waals surface area contributed by atoms with Gasteiger partial charge >= 0.3 is 0 Å². The van der Waals surface area contributed by atoms with Gasteiger partial charge in [-0.2, -0.15) is 0 Å². The fraction of sp³-hybridized carbons (Fsp3) is 0.500. The Morgan fingerprint density at radius 2 is 2.25 bits per heavy atom. The van der Waals surface area contributed by atoms with Crippen molar-refractivity contribution in [3.05, 3.63) is 28.8 Å². The number of hydrogen-bond acceptors (Lipinski definition) is 3. The number of nitrogens with one attached hydrogen (secondary N) is 1. The third kappa shape index (κ3) is 3.67. The fourth-order valence-corrected chi connectivity index (χ4v) is 1.70. The highest BCUT2D eigenvalue weighted by Gasteiger charge is 2.05. The zero-order valence-corrected chi connectivity index (χ0v) is 10.4. The van der Waals surface area contributed by atoms with Crippen LogP contribution in [0.15, 0.2) is 18.2 Å². The van der Waals surface area contributed by atoms with Crippen LogP contribution in [0.3, 0.4) is 0 Å². The molecule has 1 rings (SSSR count). The Balaban J connectivity index is 2.58. The van der Waals surface area contributed by atoms with Crippen molar-refractivity contribution < 1.29 is 9.84 Å². The summed E-state index contributed by atoms with van der Waals surface area (Å²) in [5.41, 5.74) is 1.08. The van der Waals surface area contributed by atoms with E-state index in [0.717, 1.165) is 12.0 Å². The van der Waals surface area contributed by atoms with E-state index in [1.807, 2.05) is 25.1 Å². The summed E-state index contributed by atoms with van der Waals surface area (Å²) in [6.45, 7) is 2.89. The molecular weight excluding hydrogens is 226 g/mol. The zero-order chi connectivity index (χ0) is 12.0. The maximum Gasteiger partial charge on any atom is 0.137 e. The van der Waals surface area contributed by atoms with E-state index in [-0.39, 0.29) is 12.6 Å². The molecule has 4 heteroatoms. The van der Waals surface area contributed by atoms with Gasteiger partial charge in [-0.15, -0.1) is 0 Å². The van der Waals surface area contributed by atoms with Crippen molar-refractivity contribution in [3.63, 3.8) is 0 Å². The predicted molar refractivity (Wildman–Crippen MR) is 66.0 cm³/mol. The number of benzene rings is 1. The summed E-state index contributed by atoms with van der Waals surface area (Å²) in [5.74, 6) is 0.680. The van der Waals surface area contributed by atoms with Gasteiger partial charge in [0.05, 0.1) is 18.7 Å². The molecule has 1 aromatic carbocycles. The van der Waals surface area contributed by atoms with Crippen LogP contribution in [-0.2, 0) is 6.54 Å². The van der Waals surface area contributed by atoms with Crippen LogP contribution < -0.4 is 10.1 Å². The molecule has 0 radical (unpaired) electrons. The summed E-state index contributed by atoms with van der Waals surface area (Å²) in [6.07, 6.45) is 0.903. The van der Waals surface area contributed by atoms with Gasteiger partial charge in [-0.1, -0.05) is 24.6 Å². The molecule has 0 spiro atoms. The average Bonchev–Trinajstić information content (AvgIpc) is 2.30. The van der Waals surface area contributed by atoms with E-state index in [2.05, 4.69) is 5.32 Å². The molecule has 2 N–H and O–H groups in total. The number of hydrogen-bond donors (Lipinski definition) is 2. The minimum absolute atomic E-state index is 0.140. The van der Waals surface area contributed by atoms with Gasteiger partial charge in [-0.05, 0) is 24.1 Å². The molecule has 0 saturated heterocycles. The summed E-state index contributed by atoms with van der Waals surface area (Å²) in [7, 11) is 1.60. The molecule has 0 aliphatic heterocycles. The zero-order valence-electron chi connectivity index (χ0n) is 9.66. The summed E-state index contributed by atoms with van der Waals surface area (Å²) in [4.78, 5) is 0. The van der Waals surface area contributed by atoms with Gasteiger partial charge in [0.2, 0.25) is 0 Å². The molecule has 0 bridgehead atoms. The van der Waals surface area contributed by atoms with Crippen molar-refractivity contribution >= 4 is 11.6 Å². The molecule has 0 aliphatic carbocycles. The third-order valence-electron chi connectivity index (χ3n) is 2.52. The maximum absolute atomic E-state index is 9.03. The van der Waals surface area contributed by atoms with Crippen LogP contribution in [0.1, 0.15) is 18.9 Å². The highest BCUT2D eigenvalue weighted by molar-refractivity contribution is 6.32. The molecule has 1 aromatic rings. The van der Waals surface area contributed by atoms with E-state index < -0.39 is 0 Å². The molecule has 16 heavy (non-hydrogen) atoms. The molecule has 0 amide bonds. The van der Waals surface area contributed by atoms with Crippen molar-refractivity contribution in [1.29, 1.82) is 0 Å². The lowest BCUT2D eigenvalue weighted by Crippen LogP contribution is -2.31. The summed E-state index contributed by atoms with van der Waals surface area (Å²) in [6, 6.07) is 5.82. The second-order valence-corrected chi connectivity index (χ2v) is 4.04. The molecule has 0 fully saturated rings. The average molecular weight is 244 g/mol.